The number of ether oxygens (including phenoxy) is 3. The number of halogens is 1. The molecule has 0 bridgehead atoms. The van der Waals surface area contributed by atoms with Crippen LogP contribution >= 0.6 is 0 Å². The highest BCUT2D eigenvalue weighted by molar-refractivity contribution is 6.03. The van der Waals surface area contributed by atoms with Crippen molar-refractivity contribution >= 4 is 23.4 Å². The lowest BCUT2D eigenvalue weighted by atomic mass is 9.55. The van der Waals surface area contributed by atoms with Crippen molar-refractivity contribution in [1.82, 2.24) is 4.90 Å². The zero-order valence-electron chi connectivity index (χ0n) is 36.9. The molecule has 6 atom stereocenters. The van der Waals surface area contributed by atoms with Crippen LogP contribution in [0, 0.1) is 33.7 Å². The third kappa shape index (κ3) is 11.1. The molecule has 1 saturated carbocycles. The molecule has 1 heterocycles. The first-order valence-corrected chi connectivity index (χ1v) is 22.2. The molecule has 1 fully saturated rings. The predicted octanol–water partition coefficient (Wildman–Crippen LogP) is 9.70. The number of carbonyl (C=O) groups excluding carboxylic acids is 1. The number of unbranched alkanes of at least 4 members (excludes halogenated alkanes) is 2. The number of carbonyl (C=O) groups is 1. The molecule has 3 aromatic rings. The number of nitro benzene ring substituents is 1. The number of amides is 1. The van der Waals surface area contributed by atoms with E-state index in [2.05, 4.69) is 12.7 Å². The molecule has 1 aliphatic heterocycles. The van der Waals surface area contributed by atoms with E-state index in [0.717, 1.165) is 36.8 Å². The molecule has 2 aliphatic carbocycles. The fraction of sp³-hybridized carbons (Fsp3) is 0.480. The Morgan fingerprint density at radius 1 is 1.06 bits per heavy atom. The van der Waals surface area contributed by atoms with Crippen LogP contribution in [0.4, 0.5) is 10.1 Å². The largest absolute Gasteiger partial charge is 0.489 e. The van der Waals surface area contributed by atoms with E-state index in [1.54, 1.807) is 47.4 Å². The molecule has 2 N–H and O–H groups in total. The molecule has 0 radical (unpaired) electrons. The summed E-state index contributed by atoms with van der Waals surface area (Å²) in [5.41, 5.74) is 2.84. The van der Waals surface area contributed by atoms with Gasteiger partial charge in [-0.1, -0.05) is 55.3 Å². The lowest BCUT2D eigenvalue weighted by molar-refractivity contribution is -0.384. The smallest absolute Gasteiger partial charge is 0.269 e. The van der Waals surface area contributed by atoms with E-state index in [4.69, 9.17) is 24.2 Å². The number of nitrogens with zero attached hydrogens (tertiary/aromatic N) is 3. The summed E-state index contributed by atoms with van der Waals surface area (Å²) in [6.45, 7) is 12.4. The number of hydrogen-bond donors (Lipinski definition) is 2. The van der Waals surface area contributed by atoms with Gasteiger partial charge in [0.25, 0.3) is 5.69 Å². The third-order valence-electron chi connectivity index (χ3n) is 12.1. The molecule has 6 unspecified atom stereocenters. The lowest BCUT2D eigenvalue weighted by Gasteiger charge is -2.60. The standard InChI is InChI=1S/C50H62FN3O9/c1-6-26-53(46(57)25-20-34-18-21-37(22-19-34)54(58)59)45-32-43(52-63-49(3,4)5)40-30-35(14-10-12-27-55)39(16-11-13-28-56)47-41-31-38(60-33-36-15-8-9-17-42(36)51)23-24-44(41)62-50(45,48(40)47)61-29-7-2/h7-9,15,17-25,30-31,35,39,45,47-48,55-56H,2,6,10-14,16,26-29,32-33H2,1,3-5H3. The van der Waals surface area contributed by atoms with Gasteiger partial charge in [-0.05, 0) is 118 Å². The Labute approximate surface area is 370 Å². The number of non-ortho nitro benzene ring substituents is 1. The van der Waals surface area contributed by atoms with Gasteiger partial charge in [-0.2, -0.15) is 0 Å². The summed E-state index contributed by atoms with van der Waals surface area (Å²) in [6, 6.07) is 17.5. The average molecular weight is 868 g/mol. The number of allylic oxidation sites excluding steroid dienone is 1. The minimum absolute atomic E-state index is 0.000982. The van der Waals surface area contributed by atoms with Crippen molar-refractivity contribution < 1.29 is 43.4 Å². The summed E-state index contributed by atoms with van der Waals surface area (Å²) in [5.74, 6) is -1.76. The SMILES string of the molecule is C=CCOC12Oc3ccc(OCc4ccccc4F)cc3C3C(CCCCO)C(CCCCO)C=C(C(=NOC(C)(C)C)CC1N(CCC)C(=O)C=Cc1ccc([N+](=O)[O-])cc1)C32. The van der Waals surface area contributed by atoms with Gasteiger partial charge in [0.05, 0.1) is 23.2 Å². The molecule has 6 rings (SSSR count). The van der Waals surface area contributed by atoms with Crippen molar-refractivity contribution in [2.45, 2.75) is 109 Å². The van der Waals surface area contributed by atoms with Gasteiger partial charge in [-0.3, -0.25) is 14.9 Å². The number of rotatable bonds is 21. The van der Waals surface area contributed by atoms with Crippen LogP contribution in [-0.4, -0.2) is 75.5 Å². The monoisotopic (exact) mass is 867 g/mol. The van der Waals surface area contributed by atoms with Crippen LogP contribution < -0.4 is 9.47 Å². The minimum atomic E-state index is -1.45. The van der Waals surface area contributed by atoms with Crippen LogP contribution in [0.1, 0.15) is 102 Å². The second-order valence-electron chi connectivity index (χ2n) is 17.6. The Balaban J connectivity index is 1.55. The molecule has 338 valence electrons. The van der Waals surface area contributed by atoms with E-state index in [1.807, 2.05) is 45.9 Å². The maximum atomic E-state index is 14.8. The highest BCUT2D eigenvalue weighted by Gasteiger charge is 2.65. The van der Waals surface area contributed by atoms with Gasteiger partial charge in [-0.15, -0.1) is 6.58 Å². The van der Waals surface area contributed by atoms with Crippen LogP contribution in [0.15, 0.2) is 102 Å². The van der Waals surface area contributed by atoms with Gasteiger partial charge in [0.1, 0.15) is 35.6 Å². The minimum Gasteiger partial charge on any atom is -0.489 e. The third-order valence-corrected chi connectivity index (χ3v) is 12.1. The Morgan fingerprint density at radius 3 is 2.46 bits per heavy atom. The molecule has 3 aromatic carbocycles. The fourth-order valence-corrected chi connectivity index (χ4v) is 9.34. The van der Waals surface area contributed by atoms with Gasteiger partial charge >= 0.3 is 0 Å². The van der Waals surface area contributed by atoms with Gasteiger partial charge in [0, 0.05) is 61.4 Å². The van der Waals surface area contributed by atoms with Crippen LogP contribution in [0.2, 0.25) is 0 Å². The Hall–Kier alpha value is -5.37. The summed E-state index contributed by atoms with van der Waals surface area (Å²) in [7, 11) is 0. The maximum Gasteiger partial charge on any atom is 0.269 e. The normalized spacial score (nSPS) is 23.3. The average Bonchev–Trinajstić information content (AvgIpc) is 3.26. The Morgan fingerprint density at radius 2 is 1.79 bits per heavy atom. The van der Waals surface area contributed by atoms with E-state index >= 15 is 0 Å². The van der Waals surface area contributed by atoms with Gasteiger partial charge in [0.15, 0.2) is 0 Å². The Kier molecular flexibility index (Phi) is 16.0. The van der Waals surface area contributed by atoms with Gasteiger partial charge in [-0.25, -0.2) is 4.39 Å². The molecule has 1 amide bonds. The predicted molar refractivity (Wildman–Crippen MR) is 241 cm³/mol. The van der Waals surface area contributed by atoms with Crippen LogP contribution in [0.5, 0.6) is 11.5 Å². The highest BCUT2D eigenvalue weighted by atomic mass is 19.1. The molecule has 13 heteroatoms. The van der Waals surface area contributed by atoms with Crippen molar-refractivity contribution in [2.75, 3.05) is 26.4 Å². The van der Waals surface area contributed by atoms with Crippen LogP contribution in [0.25, 0.3) is 6.08 Å². The van der Waals surface area contributed by atoms with Crippen molar-refractivity contribution in [3.63, 3.8) is 0 Å². The first kappa shape index (κ1) is 47.1. The Bertz CT molecular complexity index is 2150. The fourth-order valence-electron chi connectivity index (χ4n) is 9.34. The number of benzene rings is 3. The molecule has 0 saturated heterocycles. The first-order valence-electron chi connectivity index (χ1n) is 22.2. The second-order valence-corrected chi connectivity index (χ2v) is 17.6. The summed E-state index contributed by atoms with van der Waals surface area (Å²) < 4.78 is 35.4. The van der Waals surface area contributed by atoms with Gasteiger partial charge < -0.3 is 34.2 Å². The van der Waals surface area contributed by atoms with Crippen molar-refractivity contribution in [3.8, 4) is 11.5 Å². The number of hydrogen-bond acceptors (Lipinski definition) is 10. The van der Waals surface area contributed by atoms with E-state index in [9.17, 15) is 29.5 Å². The number of aliphatic hydroxyl groups excluding tert-OH is 2. The van der Waals surface area contributed by atoms with Crippen LogP contribution in [0.3, 0.4) is 0 Å². The summed E-state index contributed by atoms with van der Waals surface area (Å²) >= 11 is 0. The second kappa shape index (κ2) is 21.3. The van der Waals surface area contributed by atoms with Crippen molar-refractivity contribution in [2.24, 2.45) is 22.9 Å². The zero-order chi connectivity index (χ0) is 45.1. The topological polar surface area (TPSA) is 153 Å². The number of fused-ring (bicyclic) bond motifs is 2. The molecule has 0 spiro atoms. The molecular weight excluding hydrogens is 806 g/mol. The summed E-state index contributed by atoms with van der Waals surface area (Å²) in [6.07, 6.45) is 12.3. The number of nitro groups is 1. The van der Waals surface area contributed by atoms with Crippen molar-refractivity contribution in [1.29, 1.82) is 0 Å². The van der Waals surface area contributed by atoms with E-state index in [1.165, 1.54) is 24.3 Å². The quantitative estimate of drug-likeness (QED) is 0.0350. The first-order chi connectivity index (χ1) is 30.3. The van der Waals surface area contributed by atoms with Crippen LogP contribution in [-0.2, 0) is 21.0 Å². The molecule has 3 aliphatic rings. The number of aliphatic hydroxyl groups is 2. The van der Waals surface area contributed by atoms with E-state index < -0.39 is 28.3 Å². The van der Waals surface area contributed by atoms with E-state index in [0.29, 0.717) is 54.1 Å². The molecule has 12 nitrogen and oxygen atoms in total. The van der Waals surface area contributed by atoms with E-state index in [-0.39, 0.29) is 68.0 Å². The molecular formula is C50H62FN3O9. The molecule has 0 aromatic heterocycles. The number of oxime groups is 1. The maximum absolute atomic E-state index is 14.8. The summed E-state index contributed by atoms with van der Waals surface area (Å²) in [4.78, 5) is 33.6. The molecule has 63 heavy (non-hydrogen) atoms. The van der Waals surface area contributed by atoms with Gasteiger partial charge in [0.2, 0.25) is 11.7 Å². The highest BCUT2D eigenvalue weighted by Crippen LogP contribution is 2.62. The lowest BCUT2D eigenvalue weighted by Crippen LogP contribution is -2.70. The van der Waals surface area contributed by atoms with Crippen molar-refractivity contribution in [3.05, 3.63) is 130 Å². The zero-order valence-corrected chi connectivity index (χ0v) is 36.9. The summed E-state index contributed by atoms with van der Waals surface area (Å²) in [5, 5.41) is 36.1.